The molecule has 0 saturated heterocycles. The Balaban J connectivity index is 2.55. The van der Waals surface area contributed by atoms with E-state index in [2.05, 4.69) is 4.74 Å². The van der Waals surface area contributed by atoms with Gasteiger partial charge in [0.25, 0.3) is 0 Å². The first-order valence-corrected chi connectivity index (χ1v) is 2.89. The summed E-state index contributed by atoms with van der Waals surface area (Å²) in [5.74, 6) is 0. The van der Waals surface area contributed by atoms with E-state index in [-0.39, 0.29) is 6.09 Å². The molecule has 53 valence electrons. The van der Waals surface area contributed by atoms with Crippen molar-refractivity contribution in [3.05, 3.63) is 31.0 Å². The predicted octanol–water partition coefficient (Wildman–Crippen LogP) is 1.30. The molecular formula is C7H8NO2. The minimum atomic E-state index is -0.374. The second-order valence-corrected chi connectivity index (χ2v) is 1.75. The van der Waals surface area contributed by atoms with Gasteiger partial charge in [-0.1, -0.05) is 12.2 Å². The Kier molecular flexibility index (Phi) is 2.10. The van der Waals surface area contributed by atoms with Crippen molar-refractivity contribution in [2.24, 2.45) is 0 Å². The molecule has 0 aromatic heterocycles. The van der Waals surface area contributed by atoms with Gasteiger partial charge in [-0.15, -0.1) is 0 Å². The lowest BCUT2D eigenvalue weighted by molar-refractivity contribution is 0.151. The summed E-state index contributed by atoms with van der Waals surface area (Å²) in [4.78, 5) is 12.1. The van der Waals surface area contributed by atoms with Gasteiger partial charge in [0.1, 0.15) is 0 Å². The fourth-order valence-electron chi connectivity index (χ4n) is 0.626. The Labute approximate surface area is 59.6 Å². The van der Waals surface area contributed by atoms with Crippen LogP contribution in [0.5, 0.6) is 0 Å². The van der Waals surface area contributed by atoms with Crippen molar-refractivity contribution in [2.45, 2.75) is 0 Å². The van der Waals surface area contributed by atoms with Crippen molar-refractivity contribution in [3.63, 3.8) is 0 Å². The molecule has 1 heterocycles. The fraction of sp³-hybridized carbons (Fsp3) is 0.143. The van der Waals surface area contributed by atoms with Gasteiger partial charge >= 0.3 is 6.09 Å². The molecule has 1 aliphatic heterocycles. The SMILES string of the molecule is COC(=O)N1C=C[CH]C=C1. The summed E-state index contributed by atoms with van der Waals surface area (Å²) in [6.07, 6.45) is 8.24. The summed E-state index contributed by atoms with van der Waals surface area (Å²) in [6.45, 7) is 0. The second kappa shape index (κ2) is 3.06. The van der Waals surface area contributed by atoms with Gasteiger partial charge in [0.15, 0.2) is 0 Å². The number of amides is 1. The fourth-order valence-corrected chi connectivity index (χ4v) is 0.626. The molecule has 1 rings (SSSR count). The highest BCUT2D eigenvalue weighted by molar-refractivity contribution is 5.70. The van der Waals surface area contributed by atoms with E-state index >= 15 is 0 Å². The molecule has 3 heteroatoms. The van der Waals surface area contributed by atoms with Gasteiger partial charge in [-0.2, -0.15) is 0 Å². The first kappa shape index (κ1) is 6.86. The first-order valence-electron chi connectivity index (χ1n) is 2.89. The Morgan fingerprint density at radius 1 is 1.40 bits per heavy atom. The zero-order valence-corrected chi connectivity index (χ0v) is 5.65. The molecule has 0 saturated carbocycles. The van der Waals surface area contributed by atoms with Crippen molar-refractivity contribution in [3.8, 4) is 0 Å². The van der Waals surface area contributed by atoms with Crippen molar-refractivity contribution in [1.29, 1.82) is 0 Å². The molecule has 0 spiro atoms. The zero-order chi connectivity index (χ0) is 7.40. The lowest BCUT2D eigenvalue weighted by atomic mass is 10.3. The number of nitrogens with zero attached hydrogens (tertiary/aromatic N) is 1. The van der Waals surface area contributed by atoms with Crippen LogP contribution in [0.15, 0.2) is 24.6 Å². The summed E-state index contributed by atoms with van der Waals surface area (Å²) < 4.78 is 4.46. The Morgan fingerprint density at radius 2 is 2.00 bits per heavy atom. The van der Waals surface area contributed by atoms with Gasteiger partial charge in [0.05, 0.1) is 7.11 Å². The molecule has 0 bridgehead atoms. The van der Waals surface area contributed by atoms with E-state index in [0.717, 1.165) is 0 Å². The third-order valence-corrected chi connectivity index (χ3v) is 1.10. The van der Waals surface area contributed by atoms with Crippen LogP contribution in [-0.4, -0.2) is 18.1 Å². The number of ether oxygens (including phenoxy) is 1. The molecule has 0 aliphatic carbocycles. The molecule has 0 atom stereocenters. The molecule has 0 aromatic rings. The maximum atomic E-state index is 10.8. The van der Waals surface area contributed by atoms with Crippen LogP contribution in [0.1, 0.15) is 0 Å². The van der Waals surface area contributed by atoms with Crippen molar-refractivity contribution >= 4 is 6.09 Å². The summed E-state index contributed by atoms with van der Waals surface area (Å²) in [5, 5.41) is 0. The lowest BCUT2D eigenvalue weighted by Gasteiger charge is -2.12. The highest BCUT2D eigenvalue weighted by Gasteiger charge is 2.07. The second-order valence-electron chi connectivity index (χ2n) is 1.75. The maximum Gasteiger partial charge on any atom is 0.417 e. The van der Waals surface area contributed by atoms with Crippen LogP contribution < -0.4 is 0 Å². The van der Waals surface area contributed by atoms with Crippen LogP contribution in [0.25, 0.3) is 0 Å². The number of carbonyl (C=O) groups is 1. The monoisotopic (exact) mass is 138 g/mol. The van der Waals surface area contributed by atoms with Gasteiger partial charge in [-0.05, 0) is 0 Å². The molecule has 1 aliphatic rings. The van der Waals surface area contributed by atoms with E-state index in [1.54, 1.807) is 24.6 Å². The molecule has 1 radical (unpaired) electrons. The minimum Gasteiger partial charge on any atom is -0.452 e. The molecule has 10 heavy (non-hydrogen) atoms. The van der Waals surface area contributed by atoms with Crippen LogP contribution in [0.2, 0.25) is 0 Å². The zero-order valence-electron chi connectivity index (χ0n) is 5.65. The largest absolute Gasteiger partial charge is 0.452 e. The summed E-state index contributed by atoms with van der Waals surface area (Å²) in [6, 6.07) is 0. The van der Waals surface area contributed by atoms with E-state index in [9.17, 15) is 4.79 Å². The summed E-state index contributed by atoms with van der Waals surface area (Å²) in [7, 11) is 1.35. The van der Waals surface area contributed by atoms with E-state index in [4.69, 9.17) is 0 Å². The highest BCUT2D eigenvalue weighted by atomic mass is 16.5. The van der Waals surface area contributed by atoms with Crippen LogP contribution in [0, 0.1) is 6.42 Å². The topological polar surface area (TPSA) is 29.5 Å². The average Bonchev–Trinajstić information content (AvgIpc) is 2.05. The predicted molar refractivity (Wildman–Crippen MR) is 36.8 cm³/mol. The van der Waals surface area contributed by atoms with Gasteiger partial charge in [-0.3, -0.25) is 4.90 Å². The van der Waals surface area contributed by atoms with Crippen LogP contribution in [0.3, 0.4) is 0 Å². The first-order chi connectivity index (χ1) is 4.84. The highest BCUT2D eigenvalue weighted by Crippen LogP contribution is 2.02. The third-order valence-electron chi connectivity index (χ3n) is 1.10. The number of hydrogen-bond donors (Lipinski definition) is 0. The minimum absolute atomic E-state index is 0.374. The van der Waals surface area contributed by atoms with Crippen LogP contribution in [0.4, 0.5) is 4.79 Å². The number of allylic oxidation sites excluding steroid dienone is 2. The number of hydrogen-bond acceptors (Lipinski definition) is 2. The number of rotatable bonds is 0. The van der Waals surface area contributed by atoms with Crippen molar-refractivity contribution in [2.75, 3.05) is 7.11 Å². The van der Waals surface area contributed by atoms with Gasteiger partial charge in [0, 0.05) is 18.8 Å². The number of carbonyl (C=O) groups excluding carboxylic acids is 1. The Bertz CT molecular complexity index is 172. The quantitative estimate of drug-likeness (QED) is 0.505. The molecule has 0 N–H and O–H groups in total. The van der Waals surface area contributed by atoms with Gasteiger partial charge in [-0.25, -0.2) is 4.79 Å². The molecule has 0 unspecified atom stereocenters. The molecule has 0 fully saturated rings. The van der Waals surface area contributed by atoms with Crippen LogP contribution >= 0.6 is 0 Å². The van der Waals surface area contributed by atoms with E-state index in [1.807, 2.05) is 6.42 Å². The average molecular weight is 138 g/mol. The molecule has 1 amide bonds. The van der Waals surface area contributed by atoms with Crippen molar-refractivity contribution in [1.82, 2.24) is 4.90 Å². The molecular weight excluding hydrogens is 130 g/mol. The van der Waals surface area contributed by atoms with Gasteiger partial charge < -0.3 is 4.74 Å². The number of methoxy groups -OCH3 is 1. The normalized spacial score (nSPS) is 15.5. The Hall–Kier alpha value is -1.25. The van der Waals surface area contributed by atoms with E-state index < -0.39 is 0 Å². The molecule has 0 aromatic carbocycles. The smallest absolute Gasteiger partial charge is 0.417 e. The maximum absolute atomic E-state index is 10.8. The summed E-state index contributed by atoms with van der Waals surface area (Å²) >= 11 is 0. The molecule has 3 nitrogen and oxygen atoms in total. The Morgan fingerprint density at radius 3 is 2.50 bits per heavy atom. The van der Waals surface area contributed by atoms with Gasteiger partial charge in [0.2, 0.25) is 0 Å². The van der Waals surface area contributed by atoms with Crippen LogP contribution in [-0.2, 0) is 4.74 Å². The third kappa shape index (κ3) is 1.37. The van der Waals surface area contributed by atoms with E-state index in [1.165, 1.54) is 12.0 Å². The standard InChI is InChI=1S/C7H8NO2/c1-10-7(9)8-5-3-2-4-6-8/h2-6H,1H3. The van der Waals surface area contributed by atoms with E-state index in [0.29, 0.717) is 0 Å². The van der Waals surface area contributed by atoms with Crippen molar-refractivity contribution < 1.29 is 9.53 Å². The summed E-state index contributed by atoms with van der Waals surface area (Å²) in [5.41, 5.74) is 0. The lowest BCUT2D eigenvalue weighted by Crippen LogP contribution is -2.20.